The molecule has 4 heterocycles. The molecule has 0 spiro atoms. The van der Waals surface area contributed by atoms with Gasteiger partial charge in [-0.2, -0.15) is 0 Å². The van der Waals surface area contributed by atoms with Gasteiger partial charge in [0.1, 0.15) is 5.82 Å². The van der Waals surface area contributed by atoms with Crippen molar-refractivity contribution in [2.45, 2.75) is 89.6 Å². The molecule has 0 radical (unpaired) electrons. The van der Waals surface area contributed by atoms with Gasteiger partial charge in [0, 0.05) is 24.4 Å². The van der Waals surface area contributed by atoms with Gasteiger partial charge < -0.3 is 9.47 Å². The molecule has 2 aromatic rings. The number of carbonyl (C=O) groups excluding carboxylic acids is 1. The fourth-order valence-corrected chi connectivity index (χ4v) is 6.33. The Morgan fingerprint density at radius 3 is 2.68 bits per heavy atom. The molecule has 0 N–H and O–H groups in total. The van der Waals surface area contributed by atoms with Crippen LogP contribution in [0.2, 0.25) is 0 Å². The first-order chi connectivity index (χ1) is 13.8. The van der Waals surface area contributed by atoms with Crippen molar-refractivity contribution in [1.29, 1.82) is 0 Å². The van der Waals surface area contributed by atoms with Crippen LogP contribution in [0.15, 0.2) is 6.07 Å². The van der Waals surface area contributed by atoms with Crippen molar-refractivity contribution in [2.75, 3.05) is 6.54 Å². The Hall–Kier alpha value is -1.69. The second kappa shape index (κ2) is 7.97. The van der Waals surface area contributed by atoms with Gasteiger partial charge in [0.15, 0.2) is 5.82 Å². The van der Waals surface area contributed by atoms with Crippen molar-refractivity contribution in [3.8, 4) is 0 Å². The van der Waals surface area contributed by atoms with Crippen molar-refractivity contribution in [2.24, 2.45) is 0 Å². The van der Waals surface area contributed by atoms with E-state index in [0.717, 1.165) is 61.7 Å². The van der Waals surface area contributed by atoms with E-state index in [1.54, 1.807) is 11.3 Å². The minimum atomic E-state index is 0.0940. The Balaban J connectivity index is 1.41. The highest BCUT2D eigenvalue weighted by molar-refractivity contribution is 7.14. The summed E-state index contributed by atoms with van der Waals surface area (Å²) >= 11 is 1.75. The van der Waals surface area contributed by atoms with Gasteiger partial charge in [0.2, 0.25) is 0 Å². The number of fused-ring (bicyclic) bond motifs is 2. The summed E-state index contributed by atoms with van der Waals surface area (Å²) in [5.41, 5.74) is 1.43. The molecule has 1 fully saturated rings. The SMILES string of the molecule is O=C(c1cc2c(s1)CCCCCC2)N1CCCC1c1nnc2n1CCCCC2. The number of amides is 1. The van der Waals surface area contributed by atoms with E-state index in [1.165, 1.54) is 55.4 Å². The molecule has 2 aromatic heterocycles. The molecule has 5 rings (SSSR count). The summed E-state index contributed by atoms with van der Waals surface area (Å²) in [5, 5.41) is 9.04. The maximum Gasteiger partial charge on any atom is 0.264 e. The molecule has 2 aliphatic heterocycles. The lowest BCUT2D eigenvalue weighted by molar-refractivity contribution is 0.0732. The van der Waals surface area contributed by atoms with Gasteiger partial charge in [-0.25, -0.2) is 0 Å². The summed E-state index contributed by atoms with van der Waals surface area (Å²) in [6.07, 6.45) is 14.2. The minimum absolute atomic E-state index is 0.0940. The number of nitrogens with zero attached hydrogens (tertiary/aromatic N) is 4. The number of likely N-dealkylation sites (tertiary alicyclic amines) is 1. The maximum atomic E-state index is 13.5. The first-order valence-corrected chi connectivity index (χ1v) is 12.0. The molecule has 0 aromatic carbocycles. The predicted octanol–water partition coefficient (Wildman–Crippen LogP) is 4.70. The molecular weight excluding hydrogens is 368 g/mol. The lowest BCUT2D eigenvalue weighted by Crippen LogP contribution is -2.31. The average molecular weight is 399 g/mol. The molecule has 5 nitrogen and oxygen atoms in total. The van der Waals surface area contributed by atoms with E-state index in [0.29, 0.717) is 0 Å². The summed E-state index contributed by atoms with van der Waals surface area (Å²) in [6.45, 7) is 1.84. The van der Waals surface area contributed by atoms with E-state index in [4.69, 9.17) is 0 Å². The largest absolute Gasteiger partial charge is 0.328 e. The minimum Gasteiger partial charge on any atom is -0.328 e. The topological polar surface area (TPSA) is 51.0 Å². The van der Waals surface area contributed by atoms with Crippen molar-refractivity contribution in [3.63, 3.8) is 0 Å². The van der Waals surface area contributed by atoms with Crippen LogP contribution in [0.1, 0.15) is 95.6 Å². The zero-order chi connectivity index (χ0) is 18.9. The lowest BCUT2D eigenvalue weighted by atomic mass is 10.00. The number of aryl methyl sites for hydroxylation is 3. The van der Waals surface area contributed by atoms with Crippen molar-refractivity contribution in [1.82, 2.24) is 19.7 Å². The molecule has 1 unspecified atom stereocenters. The lowest BCUT2D eigenvalue weighted by Gasteiger charge is -2.24. The molecular formula is C22H30N4OS. The quantitative estimate of drug-likeness (QED) is 0.737. The Bertz CT molecular complexity index is 829. The first kappa shape index (κ1) is 18.3. The van der Waals surface area contributed by atoms with Crippen molar-refractivity contribution < 1.29 is 4.79 Å². The zero-order valence-electron chi connectivity index (χ0n) is 16.7. The molecule has 0 saturated carbocycles. The summed E-state index contributed by atoms with van der Waals surface area (Å²) in [5.74, 6) is 2.36. The van der Waals surface area contributed by atoms with Gasteiger partial charge in [-0.3, -0.25) is 4.79 Å². The summed E-state index contributed by atoms with van der Waals surface area (Å²) < 4.78 is 2.32. The van der Waals surface area contributed by atoms with Crippen LogP contribution >= 0.6 is 11.3 Å². The normalized spacial score (nSPS) is 22.9. The molecule has 3 aliphatic rings. The highest BCUT2D eigenvalue weighted by atomic mass is 32.1. The van der Waals surface area contributed by atoms with Crippen LogP contribution in [0.3, 0.4) is 0 Å². The Morgan fingerprint density at radius 2 is 1.75 bits per heavy atom. The molecule has 1 atom stereocenters. The number of hydrogen-bond acceptors (Lipinski definition) is 4. The number of rotatable bonds is 2. The Morgan fingerprint density at radius 1 is 0.929 bits per heavy atom. The van der Waals surface area contributed by atoms with E-state index < -0.39 is 0 Å². The average Bonchev–Trinajstić information content (AvgIpc) is 3.36. The van der Waals surface area contributed by atoms with Crippen LogP contribution in [-0.2, 0) is 25.8 Å². The zero-order valence-corrected chi connectivity index (χ0v) is 17.5. The molecule has 1 amide bonds. The van der Waals surface area contributed by atoms with Crippen LogP contribution in [0.4, 0.5) is 0 Å². The van der Waals surface area contributed by atoms with Gasteiger partial charge in [-0.15, -0.1) is 21.5 Å². The molecule has 0 bridgehead atoms. The number of aromatic nitrogens is 3. The third-order valence-corrected chi connectivity index (χ3v) is 7.88. The van der Waals surface area contributed by atoms with Gasteiger partial charge in [0.05, 0.1) is 10.9 Å². The van der Waals surface area contributed by atoms with Crippen LogP contribution in [-0.4, -0.2) is 32.1 Å². The molecule has 1 saturated heterocycles. The molecule has 1 aliphatic carbocycles. The van der Waals surface area contributed by atoms with Gasteiger partial charge in [0.25, 0.3) is 5.91 Å². The van der Waals surface area contributed by atoms with Gasteiger partial charge in [-0.05, 0) is 63.0 Å². The third kappa shape index (κ3) is 3.40. The van der Waals surface area contributed by atoms with Crippen LogP contribution in [0.25, 0.3) is 0 Å². The smallest absolute Gasteiger partial charge is 0.264 e. The fourth-order valence-electron chi connectivity index (χ4n) is 5.12. The molecule has 150 valence electrons. The summed E-state index contributed by atoms with van der Waals surface area (Å²) in [4.78, 5) is 17.9. The predicted molar refractivity (Wildman–Crippen MR) is 111 cm³/mol. The van der Waals surface area contributed by atoms with E-state index in [-0.39, 0.29) is 11.9 Å². The van der Waals surface area contributed by atoms with Crippen LogP contribution in [0.5, 0.6) is 0 Å². The number of hydrogen-bond donors (Lipinski definition) is 0. The summed E-state index contributed by atoms with van der Waals surface area (Å²) in [6, 6.07) is 2.30. The van der Waals surface area contributed by atoms with E-state index in [9.17, 15) is 4.79 Å². The molecule has 6 heteroatoms. The van der Waals surface area contributed by atoms with Crippen molar-refractivity contribution >= 4 is 17.2 Å². The molecule has 28 heavy (non-hydrogen) atoms. The highest BCUT2D eigenvalue weighted by Crippen LogP contribution is 2.36. The monoisotopic (exact) mass is 398 g/mol. The maximum absolute atomic E-state index is 13.5. The number of carbonyl (C=O) groups is 1. The standard InChI is InChI=1S/C22H30N4OS/c27-22(19-15-16-9-4-1-2-5-11-18(16)28-19)25-14-8-10-17(25)21-24-23-20-12-6-3-7-13-26(20)21/h15,17H,1-14H2. The highest BCUT2D eigenvalue weighted by Gasteiger charge is 2.35. The third-order valence-electron chi connectivity index (χ3n) is 6.66. The summed E-state index contributed by atoms with van der Waals surface area (Å²) in [7, 11) is 0. The Kier molecular flexibility index (Phi) is 5.22. The van der Waals surface area contributed by atoms with E-state index in [2.05, 4.69) is 25.7 Å². The van der Waals surface area contributed by atoms with E-state index >= 15 is 0 Å². The van der Waals surface area contributed by atoms with Gasteiger partial charge in [-0.1, -0.05) is 19.3 Å². The van der Waals surface area contributed by atoms with E-state index in [1.807, 2.05) is 0 Å². The van der Waals surface area contributed by atoms with Crippen molar-refractivity contribution in [3.05, 3.63) is 33.0 Å². The van der Waals surface area contributed by atoms with Crippen LogP contribution < -0.4 is 0 Å². The Labute approximate surface area is 171 Å². The second-order valence-corrected chi connectivity index (χ2v) is 9.70. The van der Waals surface area contributed by atoms with Crippen LogP contribution in [0, 0.1) is 0 Å². The number of thiophene rings is 1. The second-order valence-electron chi connectivity index (χ2n) is 8.57. The first-order valence-electron chi connectivity index (χ1n) is 11.2. The van der Waals surface area contributed by atoms with Gasteiger partial charge >= 0.3 is 0 Å². The fraction of sp³-hybridized carbons (Fsp3) is 0.682.